The van der Waals surface area contributed by atoms with Crippen molar-refractivity contribution in [3.63, 3.8) is 0 Å². The highest BCUT2D eigenvalue weighted by molar-refractivity contribution is 7.92. The maximum absolute atomic E-state index is 12.6. The molecule has 0 saturated carbocycles. The van der Waals surface area contributed by atoms with Gasteiger partial charge >= 0.3 is 0 Å². The van der Waals surface area contributed by atoms with Crippen LogP contribution in [0.4, 0.5) is 5.69 Å². The standard InChI is InChI=1S/C16H15ClN2O5S2/c1-10(24-25(20)21)11-5-7-12(8-6-11)26(22,23)19-15-4-2-3-13-14(17)9-18-16(13)15/h2-10,18-19H,1H3,(H,20,21)/p-1. The second-order valence-corrected chi connectivity index (χ2v) is 8.17. The minimum Gasteiger partial charge on any atom is -0.750 e. The van der Waals surface area contributed by atoms with Crippen LogP contribution in [-0.4, -0.2) is 22.2 Å². The molecule has 1 heterocycles. The number of fused-ring (bicyclic) bond motifs is 1. The number of nitrogens with one attached hydrogen (secondary N) is 2. The van der Waals surface area contributed by atoms with Gasteiger partial charge in [-0.1, -0.05) is 35.9 Å². The molecule has 26 heavy (non-hydrogen) atoms. The van der Waals surface area contributed by atoms with E-state index in [4.69, 9.17) is 11.6 Å². The molecule has 2 atom stereocenters. The molecule has 2 unspecified atom stereocenters. The van der Waals surface area contributed by atoms with Crippen LogP contribution in [-0.2, 0) is 25.6 Å². The normalized spacial score (nSPS) is 14.3. The summed E-state index contributed by atoms with van der Waals surface area (Å²) in [5, 5.41) is 1.20. The van der Waals surface area contributed by atoms with Crippen molar-refractivity contribution < 1.29 is 21.4 Å². The number of sulfonamides is 1. The summed E-state index contributed by atoms with van der Waals surface area (Å²) >= 11 is 3.40. The molecule has 0 amide bonds. The van der Waals surface area contributed by atoms with E-state index in [9.17, 15) is 17.2 Å². The van der Waals surface area contributed by atoms with Gasteiger partial charge in [-0.2, -0.15) is 0 Å². The van der Waals surface area contributed by atoms with E-state index in [1.165, 1.54) is 24.3 Å². The Bertz CT molecular complexity index is 1060. The van der Waals surface area contributed by atoms with Gasteiger partial charge in [0, 0.05) is 11.6 Å². The summed E-state index contributed by atoms with van der Waals surface area (Å²) in [5.74, 6) is 0. The lowest BCUT2D eigenvalue weighted by Crippen LogP contribution is -2.13. The molecule has 3 aromatic rings. The van der Waals surface area contributed by atoms with Crippen molar-refractivity contribution in [2.24, 2.45) is 0 Å². The number of H-pyrrole nitrogens is 1. The Labute approximate surface area is 157 Å². The van der Waals surface area contributed by atoms with Crippen molar-refractivity contribution in [3.05, 3.63) is 59.2 Å². The molecule has 0 saturated heterocycles. The van der Waals surface area contributed by atoms with Crippen molar-refractivity contribution in [3.8, 4) is 0 Å². The third kappa shape index (κ3) is 3.92. The van der Waals surface area contributed by atoms with Gasteiger partial charge in [0.15, 0.2) is 0 Å². The number of aromatic nitrogens is 1. The molecule has 0 aliphatic heterocycles. The summed E-state index contributed by atoms with van der Waals surface area (Å²) in [6.45, 7) is 1.55. The number of rotatable bonds is 6. The van der Waals surface area contributed by atoms with Gasteiger partial charge in [-0.05, 0) is 30.7 Å². The number of hydrogen-bond donors (Lipinski definition) is 2. The zero-order chi connectivity index (χ0) is 18.9. The Morgan fingerprint density at radius 3 is 2.58 bits per heavy atom. The van der Waals surface area contributed by atoms with Gasteiger partial charge in [0.05, 0.1) is 38.6 Å². The first kappa shape index (κ1) is 18.9. The predicted molar refractivity (Wildman–Crippen MR) is 99.0 cm³/mol. The van der Waals surface area contributed by atoms with Gasteiger partial charge in [-0.15, -0.1) is 0 Å². The van der Waals surface area contributed by atoms with E-state index in [2.05, 4.69) is 13.9 Å². The van der Waals surface area contributed by atoms with Gasteiger partial charge in [0.2, 0.25) is 0 Å². The molecule has 10 heteroatoms. The molecule has 0 fully saturated rings. The topological polar surface area (TPSA) is 111 Å². The van der Waals surface area contributed by atoms with Crippen LogP contribution < -0.4 is 4.72 Å². The maximum Gasteiger partial charge on any atom is 0.261 e. The molecule has 0 aliphatic rings. The zero-order valence-corrected chi connectivity index (χ0v) is 15.8. The first-order valence-electron chi connectivity index (χ1n) is 7.43. The predicted octanol–water partition coefficient (Wildman–Crippen LogP) is 3.49. The monoisotopic (exact) mass is 413 g/mol. The van der Waals surface area contributed by atoms with Crippen molar-refractivity contribution >= 4 is 49.6 Å². The number of anilines is 1. The maximum atomic E-state index is 12.6. The third-order valence-corrected chi connectivity index (χ3v) is 5.93. The summed E-state index contributed by atoms with van der Waals surface area (Å²) in [4.78, 5) is 2.97. The van der Waals surface area contributed by atoms with Crippen LogP contribution in [0.5, 0.6) is 0 Å². The van der Waals surface area contributed by atoms with Crippen molar-refractivity contribution in [1.29, 1.82) is 0 Å². The molecule has 0 aliphatic carbocycles. The van der Waals surface area contributed by atoms with Crippen LogP contribution in [0.2, 0.25) is 5.02 Å². The molecule has 2 aromatic carbocycles. The van der Waals surface area contributed by atoms with Gasteiger partial charge in [-0.3, -0.25) is 8.91 Å². The van der Waals surface area contributed by atoms with Crippen LogP contribution in [0.25, 0.3) is 10.9 Å². The minimum atomic E-state index is -3.84. The lowest BCUT2D eigenvalue weighted by Gasteiger charge is -2.15. The van der Waals surface area contributed by atoms with Crippen molar-refractivity contribution in [2.75, 3.05) is 4.72 Å². The van der Waals surface area contributed by atoms with Gasteiger partial charge < -0.3 is 9.54 Å². The van der Waals surface area contributed by atoms with Crippen LogP contribution >= 0.6 is 11.6 Å². The van der Waals surface area contributed by atoms with Gasteiger partial charge in [0.25, 0.3) is 10.0 Å². The lowest BCUT2D eigenvalue weighted by atomic mass is 10.1. The molecule has 0 radical (unpaired) electrons. The second-order valence-electron chi connectivity index (χ2n) is 5.48. The Hall–Kier alpha value is -1.91. The number of benzene rings is 2. The van der Waals surface area contributed by atoms with Crippen LogP contribution in [0.1, 0.15) is 18.6 Å². The Morgan fingerprint density at radius 2 is 1.92 bits per heavy atom. The van der Waals surface area contributed by atoms with Crippen molar-refractivity contribution in [1.82, 2.24) is 4.98 Å². The SMILES string of the molecule is CC(OS(=O)[O-])c1ccc(S(=O)(=O)Nc2cccc3c(Cl)c[nH]c23)cc1. The summed E-state index contributed by atoms with van der Waals surface area (Å²) in [6.07, 6.45) is 0.869. The number of halogens is 1. The molecular weight excluding hydrogens is 400 g/mol. The van der Waals surface area contributed by atoms with E-state index in [1.807, 2.05) is 0 Å². The number of aromatic amines is 1. The van der Waals surface area contributed by atoms with Gasteiger partial charge in [-0.25, -0.2) is 12.6 Å². The molecule has 7 nitrogen and oxygen atoms in total. The first-order chi connectivity index (χ1) is 12.3. The Morgan fingerprint density at radius 1 is 1.23 bits per heavy atom. The third-order valence-electron chi connectivity index (χ3n) is 3.79. The fraction of sp³-hybridized carbons (Fsp3) is 0.125. The largest absolute Gasteiger partial charge is 0.750 e. The molecular formula is C16H14ClN2O5S2-. The van der Waals surface area contributed by atoms with Crippen LogP contribution in [0, 0.1) is 0 Å². The summed E-state index contributed by atoms with van der Waals surface area (Å²) < 4.78 is 53.6. The molecule has 2 N–H and O–H groups in total. The quantitative estimate of drug-likeness (QED) is 0.601. The van der Waals surface area contributed by atoms with Crippen molar-refractivity contribution in [2.45, 2.75) is 17.9 Å². The molecule has 0 spiro atoms. The van der Waals surface area contributed by atoms with E-state index >= 15 is 0 Å². The summed E-state index contributed by atoms with van der Waals surface area (Å²) in [6, 6.07) is 10.9. The molecule has 1 aromatic heterocycles. The van der Waals surface area contributed by atoms with E-state index in [-0.39, 0.29) is 4.90 Å². The highest BCUT2D eigenvalue weighted by Gasteiger charge is 2.17. The van der Waals surface area contributed by atoms with Gasteiger partial charge in [0.1, 0.15) is 0 Å². The van der Waals surface area contributed by atoms with Crippen LogP contribution in [0.3, 0.4) is 0 Å². The number of para-hydroxylation sites is 1. The Kier molecular flexibility index (Phi) is 5.35. The number of hydrogen-bond acceptors (Lipinski definition) is 5. The van der Waals surface area contributed by atoms with Crippen LogP contribution in [0.15, 0.2) is 53.6 Å². The van der Waals surface area contributed by atoms with E-state index in [1.54, 1.807) is 31.3 Å². The highest BCUT2D eigenvalue weighted by atomic mass is 35.5. The lowest BCUT2D eigenvalue weighted by molar-refractivity contribution is 0.223. The molecule has 0 bridgehead atoms. The fourth-order valence-electron chi connectivity index (χ4n) is 2.50. The molecule has 138 valence electrons. The smallest absolute Gasteiger partial charge is 0.261 e. The average molecular weight is 414 g/mol. The summed E-state index contributed by atoms with van der Waals surface area (Å²) in [5.41, 5.74) is 1.49. The fourth-order valence-corrected chi connectivity index (χ4v) is 4.13. The highest BCUT2D eigenvalue weighted by Crippen LogP contribution is 2.30. The van der Waals surface area contributed by atoms with E-state index < -0.39 is 27.5 Å². The summed E-state index contributed by atoms with van der Waals surface area (Å²) in [7, 11) is -3.84. The molecule has 3 rings (SSSR count). The van der Waals surface area contributed by atoms with E-state index in [0.29, 0.717) is 27.2 Å². The van der Waals surface area contributed by atoms with E-state index in [0.717, 1.165) is 0 Å². The zero-order valence-electron chi connectivity index (χ0n) is 13.4. The first-order valence-corrected chi connectivity index (χ1v) is 10.3. The average Bonchev–Trinajstić information content (AvgIpc) is 2.97. The Balaban J connectivity index is 1.87. The second kappa shape index (κ2) is 7.37. The minimum absolute atomic E-state index is 0.0337.